The van der Waals surface area contributed by atoms with Crippen LogP contribution in [0.25, 0.3) is 22.3 Å². The van der Waals surface area contributed by atoms with Crippen molar-refractivity contribution in [3.05, 3.63) is 120 Å². The van der Waals surface area contributed by atoms with Gasteiger partial charge in [-0.2, -0.15) is 0 Å². The van der Waals surface area contributed by atoms with Crippen molar-refractivity contribution in [1.29, 1.82) is 0 Å². The van der Waals surface area contributed by atoms with Gasteiger partial charge in [-0.25, -0.2) is 13.2 Å². The fourth-order valence-corrected chi connectivity index (χ4v) is 4.10. The smallest absolute Gasteiger partial charge is 0.167 e. The van der Waals surface area contributed by atoms with E-state index in [0.717, 1.165) is 11.1 Å². The van der Waals surface area contributed by atoms with Crippen molar-refractivity contribution < 1.29 is 22.6 Å². The summed E-state index contributed by atoms with van der Waals surface area (Å²) in [5.74, 6) is -1.24. The predicted molar refractivity (Wildman–Crippen MR) is 143 cm³/mol. The fraction of sp³-hybridized carbons (Fsp3) is 0.188. The van der Waals surface area contributed by atoms with E-state index < -0.39 is 11.6 Å². The van der Waals surface area contributed by atoms with Crippen LogP contribution in [0.5, 0.6) is 11.5 Å². The molecule has 0 saturated heterocycles. The first-order valence-corrected chi connectivity index (χ1v) is 12.3. The van der Waals surface area contributed by atoms with Crippen molar-refractivity contribution in [2.24, 2.45) is 0 Å². The van der Waals surface area contributed by atoms with Crippen LogP contribution < -0.4 is 9.47 Å². The molecular formula is C32H29F3O2. The quantitative estimate of drug-likeness (QED) is 0.151. The average molecular weight is 503 g/mol. The molecule has 0 aromatic heterocycles. The van der Waals surface area contributed by atoms with E-state index in [2.05, 4.69) is 6.58 Å². The second-order valence-corrected chi connectivity index (χ2v) is 8.63. The molecule has 0 radical (unpaired) electrons. The first-order valence-electron chi connectivity index (χ1n) is 12.3. The summed E-state index contributed by atoms with van der Waals surface area (Å²) in [4.78, 5) is 0. The molecule has 0 N–H and O–H groups in total. The molecule has 0 aliphatic rings. The van der Waals surface area contributed by atoms with E-state index in [1.165, 1.54) is 6.07 Å². The Hall–Kier alpha value is -3.99. The molecule has 4 rings (SSSR count). The van der Waals surface area contributed by atoms with Crippen molar-refractivity contribution in [1.82, 2.24) is 0 Å². The fourth-order valence-electron chi connectivity index (χ4n) is 4.10. The van der Waals surface area contributed by atoms with Crippen molar-refractivity contribution in [2.45, 2.75) is 26.2 Å². The molecule has 0 aliphatic heterocycles. The van der Waals surface area contributed by atoms with Gasteiger partial charge in [0.25, 0.3) is 0 Å². The summed E-state index contributed by atoms with van der Waals surface area (Å²) in [5, 5.41) is 0. The largest absolute Gasteiger partial charge is 0.494 e. The van der Waals surface area contributed by atoms with E-state index in [-0.39, 0.29) is 22.7 Å². The van der Waals surface area contributed by atoms with Gasteiger partial charge in [-0.3, -0.25) is 0 Å². The third kappa shape index (κ3) is 6.42. The highest BCUT2D eigenvalue weighted by atomic mass is 19.2. The summed E-state index contributed by atoms with van der Waals surface area (Å²) in [7, 11) is 0. The Balaban J connectivity index is 1.43. The van der Waals surface area contributed by atoms with E-state index in [0.29, 0.717) is 49.4 Å². The van der Waals surface area contributed by atoms with E-state index >= 15 is 4.39 Å². The molecule has 5 heteroatoms. The highest BCUT2D eigenvalue weighted by molar-refractivity contribution is 5.72. The normalized spacial score (nSPS) is 10.8. The zero-order valence-electron chi connectivity index (χ0n) is 20.8. The maximum Gasteiger partial charge on any atom is 0.167 e. The predicted octanol–water partition coefficient (Wildman–Crippen LogP) is 8.58. The summed E-state index contributed by atoms with van der Waals surface area (Å²) >= 11 is 0. The van der Waals surface area contributed by atoms with Crippen molar-refractivity contribution >= 4 is 0 Å². The van der Waals surface area contributed by atoms with Gasteiger partial charge < -0.3 is 9.47 Å². The lowest BCUT2D eigenvalue weighted by molar-refractivity contribution is 0.308. The van der Waals surface area contributed by atoms with E-state index in [1.807, 2.05) is 25.1 Å². The second kappa shape index (κ2) is 12.3. The van der Waals surface area contributed by atoms with Gasteiger partial charge in [-0.15, -0.1) is 6.58 Å². The van der Waals surface area contributed by atoms with Crippen molar-refractivity contribution in [3.8, 4) is 33.8 Å². The maximum atomic E-state index is 15.0. The van der Waals surface area contributed by atoms with Crippen LogP contribution in [-0.2, 0) is 12.8 Å². The molecule has 0 spiro atoms. The molecule has 0 amide bonds. The summed E-state index contributed by atoms with van der Waals surface area (Å²) in [5.41, 5.74) is 3.44. The molecule has 190 valence electrons. The lowest BCUT2D eigenvalue weighted by atomic mass is 9.97. The van der Waals surface area contributed by atoms with Gasteiger partial charge in [0.15, 0.2) is 23.2 Å². The first kappa shape index (κ1) is 26.1. The SMILES string of the molecule is C=CCCOc1ccc(CCc2ccc(-c3ccc(-c4ccc(OCC)cc4)c(F)c3F)cc2)cc1F. The van der Waals surface area contributed by atoms with E-state index in [9.17, 15) is 8.78 Å². The summed E-state index contributed by atoms with van der Waals surface area (Å²) in [6.07, 6.45) is 3.70. The summed E-state index contributed by atoms with van der Waals surface area (Å²) in [6, 6.07) is 22.4. The topological polar surface area (TPSA) is 18.5 Å². The first-order chi connectivity index (χ1) is 18.0. The van der Waals surface area contributed by atoms with E-state index in [4.69, 9.17) is 9.47 Å². The van der Waals surface area contributed by atoms with Gasteiger partial charge in [-0.1, -0.05) is 60.7 Å². The Bertz CT molecular complexity index is 1350. The lowest BCUT2D eigenvalue weighted by Gasteiger charge is -2.11. The third-order valence-electron chi connectivity index (χ3n) is 6.10. The van der Waals surface area contributed by atoms with Crippen LogP contribution in [0.4, 0.5) is 13.2 Å². The molecule has 4 aromatic carbocycles. The molecule has 0 aliphatic carbocycles. The zero-order chi connectivity index (χ0) is 26.2. The number of rotatable bonds is 11. The van der Waals surface area contributed by atoms with E-state index in [1.54, 1.807) is 60.7 Å². The maximum absolute atomic E-state index is 15.0. The Kier molecular flexibility index (Phi) is 8.68. The summed E-state index contributed by atoms with van der Waals surface area (Å²) in [6.45, 7) is 6.43. The molecular weight excluding hydrogens is 473 g/mol. The molecule has 0 bridgehead atoms. The van der Waals surface area contributed by atoms with Crippen LogP contribution in [0.15, 0.2) is 91.5 Å². The minimum Gasteiger partial charge on any atom is -0.494 e. The molecule has 0 unspecified atom stereocenters. The molecule has 0 heterocycles. The lowest BCUT2D eigenvalue weighted by Crippen LogP contribution is -1.99. The molecule has 0 saturated carbocycles. The minimum absolute atomic E-state index is 0.199. The van der Waals surface area contributed by atoms with Gasteiger partial charge >= 0.3 is 0 Å². The number of aryl methyl sites for hydroxylation is 2. The van der Waals surface area contributed by atoms with Crippen LogP contribution in [0.2, 0.25) is 0 Å². The van der Waals surface area contributed by atoms with Crippen molar-refractivity contribution in [2.75, 3.05) is 13.2 Å². The van der Waals surface area contributed by atoms with Gasteiger partial charge in [0, 0.05) is 11.1 Å². The Morgan fingerprint density at radius 2 is 1.27 bits per heavy atom. The highest BCUT2D eigenvalue weighted by Crippen LogP contribution is 2.32. The third-order valence-corrected chi connectivity index (χ3v) is 6.10. The van der Waals surface area contributed by atoms with Crippen LogP contribution in [0.1, 0.15) is 24.5 Å². The highest BCUT2D eigenvalue weighted by Gasteiger charge is 2.16. The number of hydrogen-bond donors (Lipinski definition) is 0. The van der Waals surface area contributed by atoms with Gasteiger partial charge in [0.2, 0.25) is 0 Å². The molecule has 2 nitrogen and oxygen atoms in total. The average Bonchev–Trinajstić information content (AvgIpc) is 2.91. The van der Waals surface area contributed by atoms with Crippen LogP contribution in [0.3, 0.4) is 0 Å². The van der Waals surface area contributed by atoms with Crippen LogP contribution in [0, 0.1) is 17.5 Å². The zero-order valence-corrected chi connectivity index (χ0v) is 20.8. The van der Waals surface area contributed by atoms with Gasteiger partial charge in [0.05, 0.1) is 13.2 Å². The Morgan fingerprint density at radius 1 is 0.703 bits per heavy atom. The van der Waals surface area contributed by atoms with Crippen molar-refractivity contribution in [3.63, 3.8) is 0 Å². The molecule has 0 atom stereocenters. The standard InChI is InChI=1S/C32H29F3O2/c1-3-5-20-37-30-19-10-23(21-29(30)33)7-6-22-8-11-24(12-9-22)27-17-18-28(32(35)31(27)34)25-13-15-26(16-14-25)36-4-2/h3,8-19,21H,1,4-7,20H2,2H3. The minimum atomic E-state index is -0.885. The number of ether oxygens (including phenoxy) is 2. The molecule has 0 fully saturated rings. The number of hydrogen-bond acceptors (Lipinski definition) is 2. The second-order valence-electron chi connectivity index (χ2n) is 8.63. The monoisotopic (exact) mass is 502 g/mol. The van der Waals surface area contributed by atoms with Crippen LogP contribution in [-0.4, -0.2) is 13.2 Å². The Labute approximate surface area is 216 Å². The van der Waals surface area contributed by atoms with Crippen LogP contribution >= 0.6 is 0 Å². The van der Waals surface area contributed by atoms with Gasteiger partial charge in [0.1, 0.15) is 5.75 Å². The number of benzene rings is 4. The number of halogens is 3. The Morgan fingerprint density at radius 3 is 1.84 bits per heavy atom. The summed E-state index contributed by atoms with van der Waals surface area (Å²) < 4.78 is 55.1. The molecule has 4 aromatic rings. The molecule has 37 heavy (non-hydrogen) atoms. The van der Waals surface area contributed by atoms with Gasteiger partial charge in [-0.05, 0) is 72.7 Å².